The molecule has 38 heavy (non-hydrogen) atoms. The van der Waals surface area contributed by atoms with Crippen LogP contribution in [0.15, 0.2) is 53.3 Å². The molecule has 1 saturated heterocycles. The van der Waals surface area contributed by atoms with Gasteiger partial charge in [-0.25, -0.2) is 4.68 Å². The van der Waals surface area contributed by atoms with Gasteiger partial charge in [-0.15, -0.1) is 5.10 Å². The summed E-state index contributed by atoms with van der Waals surface area (Å²) < 4.78 is 7.42. The molecule has 6 rings (SSSR count). The average Bonchev–Trinajstić information content (AvgIpc) is 3.64. The molecule has 10 heteroatoms. The monoisotopic (exact) mass is 533 g/mol. The average molecular weight is 534 g/mol. The second-order valence-electron chi connectivity index (χ2n) is 10.3. The van der Waals surface area contributed by atoms with E-state index in [4.69, 9.17) is 16.3 Å². The highest BCUT2D eigenvalue weighted by Crippen LogP contribution is 2.34. The molecule has 2 aromatic heterocycles. The van der Waals surface area contributed by atoms with Crippen LogP contribution in [-0.4, -0.2) is 68.3 Å². The van der Waals surface area contributed by atoms with Crippen molar-refractivity contribution in [2.45, 2.75) is 44.3 Å². The lowest BCUT2D eigenvalue weighted by atomic mass is 10.0. The summed E-state index contributed by atoms with van der Waals surface area (Å²) in [4.78, 5) is 21.4. The van der Waals surface area contributed by atoms with Crippen LogP contribution >= 0.6 is 11.6 Å². The smallest absolute Gasteiger partial charge is 0.253 e. The van der Waals surface area contributed by atoms with Gasteiger partial charge < -0.3 is 9.72 Å². The normalized spacial score (nSPS) is 18.3. The molecule has 0 radical (unpaired) electrons. The van der Waals surface area contributed by atoms with Gasteiger partial charge in [0.1, 0.15) is 11.8 Å². The van der Waals surface area contributed by atoms with Gasteiger partial charge in [-0.1, -0.05) is 36.6 Å². The maximum absolute atomic E-state index is 13.5. The van der Waals surface area contributed by atoms with Gasteiger partial charge in [0.25, 0.3) is 5.56 Å². The van der Waals surface area contributed by atoms with Gasteiger partial charge in [-0.2, -0.15) is 0 Å². The number of piperazine rings is 1. The third-order valence-corrected chi connectivity index (χ3v) is 8.15. The fraction of sp³-hybridized carbons (Fsp3) is 0.429. The second kappa shape index (κ2) is 10.8. The predicted molar refractivity (Wildman–Crippen MR) is 147 cm³/mol. The Labute approximate surface area is 226 Å². The number of ether oxygens (including phenoxy) is 1. The lowest BCUT2D eigenvalue weighted by Crippen LogP contribution is -2.48. The lowest BCUT2D eigenvalue weighted by molar-refractivity contribution is 0.0989. The summed E-state index contributed by atoms with van der Waals surface area (Å²) in [5.74, 6) is 1.49. The van der Waals surface area contributed by atoms with E-state index in [0.717, 1.165) is 73.1 Å². The number of aromatic nitrogens is 5. The van der Waals surface area contributed by atoms with E-state index in [-0.39, 0.29) is 17.6 Å². The molecule has 1 N–H and O–H groups in total. The number of nitrogens with one attached hydrogen (secondary N) is 1. The Morgan fingerprint density at radius 1 is 1.05 bits per heavy atom. The van der Waals surface area contributed by atoms with Crippen molar-refractivity contribution in [1.82, 2.24) is 35.0 Å². The molecule has 1 aliphatic heterocycles. The van der Waals surface area contributed by atoms with Crippen molar-refractivity contribution in [1.29, 1.82) is 0 Å². The molecule has 0 spiro atoms. The largest absolute Gasteiger partial charge is 0.497 e. The molecular weight excluding hydrogens is 502 g/mol. The van der Waals surface area contributed by atoms with Crippen LogP contribution in [0.2, 0.25) is 5.02 Å². The van der Waals surface area contributed by atoms with Crippen molar-refractivity contribution in [2.75, 3.05) is 33.3 Å². The Bertz CT molecular complexity index is 1450. The van der Waals surface area contributed by atoms with Crippen LogP contribution in [0, 0.1) is 0 Å². The molecule has 1 atom stereocenters. The van der Waals surface area contributed by atoms with E-state index in [9.17, 15) is 4.79 Å². The van der Waals surface area contributed by atoms with Crippen LogP contribution in [0.3, 0.4) is 0 Å². The Balaban J connectivity index is 1.34. The van der Waals surface area contributed by atoms with Crippen LogP contribution in [-0.2, 0) is 6.54 Å². The Morgan fingerprint density at radius 2 is 1.82 bits per heavy atom. The molecule has 9 nitrogen and oxygen atoms in total. The Kier molecular flexibility index (Phi) is 7.14. The highest BCUT2D eigenvalue weighted by molar-refractivity contribution is 6.30. The molecule has 1 unspecified atom stereocenters. The van der Waals surface area contributed by atoms with Crippen LogP contribution in [0.1, 0.15) is 54.7 Å². The van der Waals surface area contributed by atoms with Gasteiger partial charge in [0.05, 0.1) is 13.2 Å². The highest BCUT2D eigenvalue weighted by atomic mass is 35.5. The predicted octanol–water partition coefficient (Wildman–Crippen LogP) is 4.20. The van der Waals surface area contributed by atoms with E-state index in [1.165, 1.54) is 18.4 Å². The zero-order chi connectivity index (χ0) is 26.1. The topological polar surface area (TPSA) is 92.2 Å². The summed E-state index contributed by atoms with van der Waals surface area (Å²) in [6.07, 6.45) is 4.47. The van der Waals surface area contributed by atoms with E-state index in [2.05, 4.69) is 42.4 Å². The van der Waals surface area contributed by atoms with Crippen molar-refractivity contribution in [3.8, 4) is 5.75 Å². The molecule has 2 aliphatic rings. The molecule has 1 aliphatic carbocycles. The summed E-state index contributed by atoms with van der Waals surface area (Å²) >= 11 is 6.07. The van der Waals surface area contributed by atoms with Gasteiger partial charge in [0, 0.05) is 54.2 Å². The minimum Gasteiger partial charge on any atom is -0.497 e. The van der Waals surface area contributed by atoms with Gasteiger partial charge in [0.2, 0.25) is 0 Å². The molecule has 2 fully saturated rings. The summed E-state index contributed by atoms with van der Waals surface area (Å²) in [5, 5.41) is 14.7. The number of nitrogens with zero attached hydrogens (tertiary/aromatic N) is 6. The SMILES string of the molecule is COc1ccc2[nH]c(=O)c(C(c3nnnn3C3CCCC3)N3CCN(Cc4ccc(Cl)cc4)CC3)cc2c1. The summed E-state index contributed by atoms with van der Waals surface area (Å²) in [7, 11) is 1.65. The molecule has 1 saturated carbocycles. The van der Waals surface area contributed by atoms with Crippen LogP contribution in [0.4, 0.5) is 0 Å². The van der Waals surface area contributed by atoms with E-state index < -0.39 is 0 Å². The molecule has 0 amide bonds. The number of benzene rings is 2. The quantitative estimate of drug-likeness (QED) is 0.380. The van der Waals surface area contributed by atoms with E-state index >= 15 is 0 Å². The van der Waals surface area contributed by atoms with Gasteiger partial charge >= 0.3 is 0 Å². The molecule has 2 aromatic carbocycles. The third-order valence-electron chi connectivity index (χ3n) is 7.90. The van der Waals surface area contributed by atoms with Crippen molar-refractivity contribution in [2.24, 2.45) is 0 Å². The molecule has 3 heterocycles. The molecular formula is C28H32ClN7O2. The standard InChI is InChI=1S/C28H32ClN7O2/c1-38-23-10-11-25-20(16-23)17-24(28(37)30-25)26(27-31-32-33-36(27)22-4-2-3-5-22)35-14-12-34(13-15-35)18-19-6-8-21(29)9-7-19/h6-11,16-17,22,26H,2-5,12-15,18H2,1H3,(H,30,37). The number of tetrazole rings is 1. The summed E-state index contributed by atoms with van der Waals surface area (Å²) in [5.41, 5.74) is 2.56. The first-order valence-corrected chi connectivity index (χ1v) is 13.7. The third kappa shape index (κ3) is 5.06. The number of fused-ring (bicyclic) bond motifs is 1. The summed E-state index contributed by atoms with van der Waals surface area (Å²) in [6.45, 7) is 4.22. The minimum atomic E-state index is -0.345. The first kappa shape index (κ1) is 25.0. The number of halogens is 1. The number of H-pyrrole nitrogens is 1. The van der Waals surface area contributed by atoms with Gasteiger partial charge in [-0.3, -0.25) is 14.6 Å². The van der Waals surface area contributed by atoms with Crippen LogP contribution in [0.5, 0.6) is 5.75 Å². The molecule has 0 bridgehead atoms. The number of methoxy groups -OCH3 is 1. The van der Waals surface area contributed by atoms with Crippen LogP contribution in [0.25, 0.3) is 10.9 Å². The van der Waals surface area contributed by atoms with Crippen LogP contribution < -0.4 is 10.3 Å². The maximum Gasteiger partial charge on any atom is 0.253 e. The molecule has 4 aromatic rings. The fourth-order valence-corrected chi connectivity index (χ4v) is 5.97. The van der Waals surface area contributed by atoms with Crippen molar-refractivity contribution < 1.29 is 4.74 Å². The Morgan fingerprint density at radius 3 is 2.55 bits per heavy atom. The van der Waals surface area contributed by atoms with Crippen molar-refractivity contribution in [3.63, 3.8) is 0 Å². The van der Waals surface area contributed by atoms with Crippen molar-refractivity contribution >= 4 is 22.5 Å². The lowest BCUT2D eigenvalue weighted by Gasteiger charge is -2.39. The number of aromatic amines is 1. The zero-order valence-electron chi connectivity index (χ0n) is 21.5. The first-order valence-electron chi connectivity index (χ1n) is 13.3. The first-order chi connectivity index (χ1) is 18.6. The van der Waals surface area contributed by atoms with Crippen molar-refractivity contribution in [3.05, 3.63) is 80.9 Å². The molecule has 198 valence electrons. The maximum atomic E-state index is 13.5. The number of hydrogen-bond donors (Lipinski definition) is 1. The van der Waals surface area contributed by atoms with Gasteiger partial charge in [-0.05, 0) is 65.2 Å². The second-order valence-corrected chi connectivity index (χ2v) is 10.7. The number of pyridine rings is 1. The Hall–Kier alpha value is -3.27. The minimum absolute atomic E-state index is 0.114. The number of rotatable bonds is 7. The fourth-order valence-electron chi connectivity index (χ4n) is 5.85. The summed E-state index contributed by atoms with van der Waals surface area (Å²) in [6, 6.07) is 15.6. The van der Waals surface area contributed by atoms with Gasteiger partial charge in [0.15, 0.2) is 5.82 Å². The number of hydrogen-bond acceptors (Lipinski definition) is 7. The van der Waals surface area contributed by atoms with E-state index in [0.29, 0.717) is 5.56 Å². The van der Waals surface area contributed by atoms with E-state index in [1.807, 2.05) is 41.1 Å². The van der Waals surface area contributed by atoms with E-state index in [1.54, 1.807) is 7.11 Å². The zero-order valence-corrected chi connectivity index (χ0v) is 22.3. The highest BCUT2D eigenvalue weighted by Gasteiger charge is 2.34.